The van der Waals surface area contributed by atoms with Crippen molar-refractivity contribution in [3.8, 4) is 11.8 Å². The fraction of sp³-hybridized carbons (Fsp3) is 0.529. The Morgan fingerprint density at radius 2 is 2.08 bits per heavy atom. The number of rotatable bonds is 8. The standard InChI is InChI=1S/C17H23N3O5/c1-4-14(25-11-13(21)8-9-15(22)18-2)7-5-6-12-10-20(3)17(24)19-16(12)23/h10,14H,4,7-9,11H2,1-3H3,(H,18,22)(H,19,23,24)/t14-/m1/s1. The van der Waals surface area contributed by atoms with Crippen molar-refractivity contribution in [1.82, 2.24) is 14.9 Å². The molecule has 8 heteroatoms. The molecule has 0 bridgehead atoms. The van der Waals surface area contributed by atoms with Crippen LogP contribution in [0.1, 0.15) is 38.2 Å². The van der Waals surface area contributed by atoms with Crippen LogP contribution < -0.4 is 16.6 Å². The summed E-state index contributed by atoms with van der Waals surface area (Å²) in [6.07, 6.45) is 2.41. The van der Waals surface area contributed by atoms with Gasteiger partial charge < -0.3 is 14.6 Å². The highest BCUT2D eigenvalue weighted by Gasteiger charge is 2.10. The minimum Gasteiger partial charge on any atom is -0.369 e. The molecule has 25 heavy (non-hydrogen) atoms. The van der Waals surface area contributed by atoms with E-state index in [-0.39, 0.29) is 42.8 Å². The fourth-order valence-electron chi connectivity index (χ4n) is 1.89. The van der Waals surface area contributed by atoms with Crippen molar-refractivity contribution in [1.29, 1.82) is 0 Å². The first-order valence-electron chi connectivity index (χ1n) is 8.00. The Labute approximate surface area is 145 Å². The summed E-state index contributed by atoms with van der Waals surface area (Å²) in [6.45, 7) is 1.83. The number of H-pyrrole nitrogens is 1. The number of nitrogens with zero attached hydrogens (tertiary/aromatic N) is 1. The lowest BCUT2D eigenvalue weighted by Gasteiger charge is -2.12. The van der Waals surface area contributed by atoms with E-state index in [1.165, 1.54) is 24.9 Å². The van der Waals surface area contributed by atoms with Gasteiger partial charge in [0.05, 0.1) is 6.10 Å². The molecule has 8 nitrogen and oxygen atoms in total. The van der Waals surface area contributed by atoms with Crippen LogP contribution in [0.15, 0.2) is 15.8 Å². The monoisotopic (exact) mass is 349 g/mol. The molecular formula is C17H23N3O5. The summed E-state index contributed by atoms with van der Waals surface area (Å²) in [5.41, 5.74) is -0.840. The van der Waals surface area contributed by atoms with Gasteiger partial charge in [0.1, 0.15) is 12.2 Å². The Bertz CT molecular complexity index is 782. The van der Waals surface area contributed by atoms with Gasteiger partial charge in [0, 0.05) is 39.6 Å². The zero-order valence-electron chi connectivity index (χ0n) is 14.7. The first-order chi connectivity index (χ1) is 11.9. The highest BCUT2D eigenvalue weighted by atomic mass is 16.5. The number of aromatic amines is 1. The van der Waals surface area contributed by atoms with Crippen LogP contribution in [0.25, 0.3) is 0 Å². The summed E-state index contributed by atoms with van der Waals surface area (Å²) in [5.74, 6) is 5.21. The first kappa shape index (κ1) is 20.4. The van der Waals surface area contributed by atoms with E-state index < -0.39 is 11.2 Å². The van der Waals surface area contributed by atoms with E-state index in [0.29, 0.717) is 12.8 Å². The van der Waals surface area contributed by atoms with Gasteiger partial charge in [0.25, 0.3) is 5.56 Å². The van der Waals surface area contributed by atoms with Gasteiger partial charge in [0.15, 0.2) is 5.78 Å². The first-order valence-corrected chi connectivity index (χ1v) is 8.00. The highest BCUT2D eigenvalue weighted by molar-refractivity contribution is 5.85. The lowest BCUT2D eigenvalue weighted by atomic mass is 10.2. The van der Waals surface area contributed by atoms with Crippen molar-refractivity contribution in [3.05, 3.63) is 32.6 Å². The number of carbonyl (C=O) groups is 2. The van der Waals surface area contributed by atoms with Crippen LogP contribution in [0.5, 0.6) is 0 Å². The van der Waals surface area contributed by atoms with Crippen LogP contribution >= 0.6 is 0 Å². The van der Waals surface area contributed by atoms with E-state index in [4.69, 9.17) is 4.74 Å². The van der Waals surface area contributed by atoms with Crippen molar-refractivity contribution in [2.24, 2.45) is 7.05 Å². The van der Waals surface area contributed by atoms with E-state index >= 15 is 0 Å². The third-order valence-electron chi connectivity index (χ3n) is 3.51. The molecule has 0 aliphatic heterocycles. The van der Waals surface area contributed by atoms with Gasteiger partial charge in [0.2, 0.25) is 5.91 Å². The van der Waals surface area contributed by atoms with E-state index in [9.17, 15) is 19.2 Å². The van der Waals surface area contributed by atoms with Crippen molar-refractivity contribution in [3.63, 3.8) is 0 Å². The minimum absolute atomic E-state index is 0.0718. The molecule has 0 fully saturated rings. The number of hydrogen-bond donors (Lipinski definition) is 2. The topological polar surface area (TPSA) is 110 Å². The molecule has 0 aliphatic carbocycles. The zero-order chi connectivity index (χ0) is 18.8. The largest absolute Gasteiger partial charge is 0.369 e. The molecule has 136 valence electrons. The Balaban J connectivity index is 2.54. The Hall–Kier alpha value is -2.66. The van der Waals surface area contributed by atoms with Crippen LogP contribution in [0, 0.1) is 11.8 Å². The number of ether oxygens (including phenoxy) is 1. The van der Waals surface area contributed by atoms with Crippen LogP contribution in [-0.4, -0.2) is 41.0 Å². The second kappa shape index (κ2) is 10.3. The van der Waals surface area contributed by atoms with Crippen LogP contribution in [0.4, 0.5) is 0 Å². The number of Topliss-reactive ketones (excluding diaryl/α,β-unsaturated/α-hetero) is 1. The van der Waals surface area contributed by atoms with E-state index in [2.05, 4.69) is 22.1 Å². The average molecular weight is 349 g/mol. The van der Waals surface area contributed by atoms with E-state index in [1.807, 2.05) is 6.92 Å². The number of amides is 1. The molecule has 1 aromatic heterocycles. The van der Waals surface area contributed by atoms with Crippen LogP contribution in [-0.2, 0) is 21.4 Å². The smallest absolute Gasteiger partial charge is 0.328 e. The van der Waals surface area contributed by atoms with Crippen molar-refractivity contribution >= 4 is 11.7 Å². The molecule has 0 unspecified atom stereocenters. The summed E-state index contributed by atoms with van der Waals surface area (Å²) in [7, 11) is 3.04. The maximum Gasteiger partial charge on any atom is 0.328 e. The molecule has 0 saturated carbocycles. The quantitative estimate of drug-likeness (QED) is 0.627. The maximum absolute atomic E-state index is 11.7. The van der Waals surface area contributed by atoms with Gasteiger partial charge in [-0.25, -0.2) is 4.79 Å². The number of nitrogens with one attached hydrogen (secondary N) is 2. The van der Waals surface area contributed by atoms with Gasteiger partial charge in [-0.15, -0.1) is 0 Å². The lowest BCUT2D eigenvalue weighted by Crippen LogP contribution is -2.29. The molecule has 0 aliphatic rings. The molecule has 1 rings (SSSR count). The zero-order valence-corrected chi connectivity index (χ0v) is 14.7. The summed E-state index contributed by atoms with van der Waals surface area (Å²) < 4.78 is 6.75. The third-order valence-corrected chi connectivity index (χ3v) is 3.51. The second-order valence-corrected chi connectivity index (χ2v) is 5.47. The van der Waals surface area contributed by atoms with Crippen molar-refractivity contribution in [2.45, 2.75) is 38.7 Å². The molecule has 0 saturated heterocycles. The SMILES string of the molecule is CC[C@H](CC#Cc1cn(C)c(=O)[nH]c1=O)OCC(=O)CCC(=O)NC. The molecular weight excluding hydrogens is 326 g/mol. The number of ketones is 1. The number of aryl methyl sites for hydroxylation is 1. The highest BCUT2D eigenvalue weighted by Crippen LogP contribution is 2.04. The van der Waals surface area contributed by atoms with E-state index in [0.717, 1.165) is 0 Å². The van der Waals surface area contributed by atoms with E-state index in [1.54, 1.807) is 0 Å². The Kier molecular flexibility index (Phi) is 8.36. The Morgan fingerprint density at radius 1 is 1.36 bits per heavy atom. The summed E-state index contributed by atoms with van der Waals surface area (Å²) >= 11 is 0. The normalized spacial score (nSPS) is 11.3. The third kappa shape index (κ3) is 7.18. The van der Waals surface area contributed by atoms with Crippen LogP contribution in [0.2, 0.25) is 0 Å². The summed E-state index contributed by atoms with van der Waals surface area (Å²) in [4.78, 5) is 47.8. The van der Waals surface area contributed by atoms with Gasteiger partial charge >= 0.3 is 5.69 Å². The van der Waals surface area contributed by atoms with Crippen molar-refractivity contribution < 1.29 is 14.3 Å². The number of aromatic nitrogens is 2. The molecule has 0 aromatic carbocycles. The minimum atomic E-state index is -0.533. The molecule has 0 radical (unpaired) electrons. The molecule has 0 spiro atoms. The molecule has 1 atom stereocenters. The summed E-state index contributed by atoms with van der Waals surface area (Å²) in [5, 5.41) is 2.45. The van der Waals surface area contributed by atoms with Gasteiger partial charge in [-0.2, -0.15) is 0 Å². The number of carbonyl (C=O) groups excluding carboxylic acids is 2. The summed E-state index contributed by atoms with van der Waals surface area (Å²) in [6, 6.07) is 0. The molecule has 1 heterocycles. The van der Waals surface area contributed by atoms with Gasteiger partial charge in [-0.3, -0.25) is 19.4 Å². The maximum atomic E-state index is 11.7. The van der Waals surface area contributed by atoms with Crippen LogP contribution in [0.3, 0.4) is 0 Å². The van der Waals surface area contributed by atoms with Gasteiger partial charge in [-0.05, 0) is 6.42 Å². The van der Waals surface area contributed by atoms with Gasteiger partial charge in [-0.1, -0.05) is 18.8 Å². The molecule has 1 amide bonds. The molecule has 1 aromatic rings. The van der Waals surface area contributed by atoms with Crippen molar-refractivity contribution in [2.75, 3.05) is 13.7 Å². The average Bonchev–Trinajstić information content (AvgIpc) is 2.59. The second-order valence-electron chi connectivity index (χ2n) is 5.47. The predicted molar refractivity (Wildman–Crippen MR) is 92.1 cm³/mol. The number of hydrogen-bond acceptors (Lipinski definition) is 5. The molecule has 2 N–H and O–H groups in total. The fourth-order valence-corrected chi connectivity index (χ4v) is 1.89. The Morgan fingerprint density at radius 3 is 2.72 bits per heavy atom. The lowest BCUT2D eigenvalue weighted by molar-refractivity contribution is -0.128. The predicted octanol–water partition coefficient (Wildman–Crippen LogP) is -0.294.